The van der Waals surface area contributed by atoms with Gasteiger partial charge in [0.2, 0.25) is 0 Å². The highest BCUT2D eigenvalue weighted by molar-refractivity contribution is 4.83. The van der Waals surface area contributed by atoms with E-state index in [-0.39, 0.29) is 0 Å². The number of hydrogen-bond donors (Lipinski definition) is 2. The van der Waals surface area contributed by atoms with Crippen molar-refractivity contribution in [2.24, 2.45) is 17.6 Å². The van der Waals surface area contributed by atoms with Crippen LogP contribution < -0.4 is 11.1 Å². The highest BCUT2D eigenvalue weighted by Gasteiger charge is 2.25. The summed E-state index contributed by atoms with van der Waals surface area (Å²) in [6.07, 6.45) is 9.79. The van der Waals surface area contributed by atoms with Crippen LogP contribution in [0.5, 0.6) is 0 Å². The van der Waals surface area contributed by atoms with Crippen molar-refractivity contribution in [1.82, 2.24) is 5.32 Å². The molecule has 2 aliphatic rings. The monoisotopic (exact) mass is 196 g/mol. The highest BCUT2D eigenvalue weighted by atomic mass is 14.9. The van der Waals surface area contributed by atoms with Crippen LogP contribution >= 0.6 is 0 Å². The van der Waals surface area contributed by atoms with Crippen LogP contribution in [0.15, 0.2) is 0 Å². The molecule has 2 rings (SSSR count). The molecular formula is C12H24N2. The Labute approximate surface area is 87.6 Å². The first-order valence-corrected chi connectivity index (χ1v) is 6.31. The summed E-state index contributed by atoms with van der Waals surface area (Å²) in [6, 6.07) is 0.511. The molecule has 0 aromatic rings. The molecule has 0 atom stereocenters. The lowest BCUT2D eigenvalue weighted by atomic mass is 9.81. The lowest BCUT2D eigenvalue weighted by Crippen LogP contribution is -2.42. The predicted molar refractivity (Wildman–Crippen MR) is 60.1 cm³/mol. The van der Waals surface area contributed by atoms with E-state index in [1.165, 1.54) is 58.0 Å². The summed E-state index contributed by atoms with van der Waals surface area (Å²) >= 11 is 0. The number of nitrogens with one attached hydrogen (secondary N) is 1. The SMILES string of the molecule is NC1CC(CNCC2CCCCC2)C1. The molecule has 82 valence electrons. The van der Waals surface area contributed by atoms with Crippen LogP contribution in [-0.2, 0) is 0 Å². The van der Waals surface area contributed by atoms with E-state index in [2.05, 4.69) is 5.32 Å². The van der Waals surface area contributed by atoms with Crippen molar-refractivity contribution in [1.29, 1.82) is 0 Å². The Morgan fingerprint density at radius 3 is 2.21 bits per heavy atom. The second-order valence-corrected chi connectivity index (χ2v) is 5.26. The number of nitrogens with two attached hydrogens (primary N) is 1. The van der Waals surface area contributed by atoms with Gasteiger partial charge in [0, 0.05) is 6.04 Å². The van der Waals surface area contributed by atoms with Gasteiger partial charge >= 0.3 is 0 Å². The third-order valence-corrected chi connectivity index (χ3v) is 3.86. The smallest absolute Gasteiger partial charge is 0.00450 e. The zero-order valence-electron chi connectivity index (χ0n) is 9.17. The first kappa shape index (κ1) is 10.4. The van der Waals surface area contributed by atoms with Crippen molar-refractivity contribution in [2.75, 3.05) is 13.1 Å². The van der Waals surface area contributed by atoms with E-state index < -0.39 is 0 Å². The fourth-order valence-corrected chi connectivity index (χ4v) is 2.84. The van der Waals surface area contributed by atoms with E-state index in [4.69, 9.17) is 5.73 Å². The van der Waals surface area contributed by atoms with Gasteiger partial charge in [0.05, 0.1) is 0 Å². The van der Waals surface area contributed by atoms with E-state index >= 15 is 0 Å². The Kier molecular flexibility index (Phi) is 3.82. The average molecular weight is 196 g/mol. The molecule has 0 saturated heterocycles. The Hall–Kier alpha value is -0.0800. The van der Waals surface area contributed by atoms with Gasteiger partial charge in [-0.1, -0.05) is 19.3 Å². The van der Waals surface area contributed by atoms with Crippen molar-refractivity contribution >= 4 is 0 Å². The highest BCUT2D eigenvalue weighted by Crippen LogP contribution is 2.25. The molecule has 0 spiro atoms. The summed E-state index contributed by atoms with van der Waals surface area (Å²) in [5.41, 5.74) is 5.76. The van der Waals surface area contributed by atoms with E-state index in [1.54, 1.807) is 0 Å². The molecule has 2 nitrogen and oxygen atoms in total. The third-order valence-electron chi connectivity index (χ3n) is 3.86. The van der Waals surface area contributed by atoms with E-state index in [0.29, 0.717) is 6.04 Å². The first-order chi connectivity index (χ1) is 6.84. The minimum atomic E-state index is 0.511. The summed E-state index contributed by atoms with van der Waals surface area (Å²) in [4.78, 5) is 0. The molecule has 2 heteroatoms. The maximum absolute atomic E-state index is 5.76. The van der Waals surface area contributed by atoms with Crippen molar-refractivity contribution in [2.45, 2.75) is 51.0 Å². The van der Waals surface area contributed by atoms with Crippen LogP contribution in [0, 0.1) is 11.8 Å². The van der Waals surface area contributed by atoms with Crippen LogP contribution in [0.2, 0.25) is 0 Å². The Morgan fingerprint density at radius 2 is 1.57 bits per heavy atom. The second-order valence-electron chi connectivity index (χ2n) is 5.26. The molecule has 0 amide bonds. The van der Waals surface area contributed by atoms with Gasteiger partial charge in [0.15, 0.2) is 0 Å². The molecule has 2 fully saturated rings. The minimum Gasteiger partial charge on any atom is -0.328 e. The van der Waals surface area contributed by atoms with Crippen LogP contribution in [0.4, 0.5) is 0 Å². The summed E-state index contributed by atoms with van der Waals surface area (Å²) in [5, 5.41) is 3.62. The maximum Gasteiger partial charge on any atom is 0.00450 e. The van der Waals surface area contributed by atoms with Crippen molar-refractivity contribution in [3.63, 3.8) is 0 Å². The van der Waals surface area contributed by atoms with Gasteiger partial charge in [-0.3, -0.25) is 0 Å². The van der Waals surface area contributed by atoms with Gasteiger partial charge in [-0.25, -0.2) is 0 Å². The third kappa shape index (κ3) is 2.96. The van der Waals surface area contributed by atoms with Gasteiger partial charge in [0.25, 0.3) is 0 Å². The normalized spacial score (nSPS) is 34.1. The van der Waals surface area contributed by atoms with Gasteiger partial charge in [0.1, 0.15) is 0 Å². The van der Waals surface area contributed by atoms with Crippen molar-refractivity contribution < 1.29 is 0 Å². The molecule has 14 heavy (non-hydrogen) atoms. The second kappa shape index (κ2) is 5.13. The topological polar surface area (TPSA) is 38.0 Å². The lowest BCUT2D eigenvalue weighted by Gasteiger charge is -2.33. The largest absolute Gasteiger partial charge is 0.328 e. The summed E-state index contributed by atoms with van der Waals surface area (Å²) in [6.45, 7) is 2.47. The molecule has 3 N–H and O–H groups in total. The molecule has 0 heterocycles. The molecule has 2 aliphatic carbocycles. The lowest BCUT2D eigenvalue weighted by molar-refractivity contribution is 0.245. The summed E-state index contributed by atoms with van der Waals surface area (Å²) in [5.74, 6) is 1.85. The fourth-order valence-electron chi connectivity index (χ4n) is 2.84. The van der Waals surface area contributed by atoms with Crippen molar-refractivity contribution in [3.8, 4) is 0 Å². The average Bonchev–Trinajstić information content (AvgIpc) is 2.17. The van der Waals surface area contributed by atoms with Gasteiger partial charge < -0.3 is 11.1 Å². The standard InChI is InChI=1S/C12H24N2/c13-12-6-11(7-12)9-14-8-10-4-2-1-3-5-10/h10-12,14H,1-9,13H2. The quantitative estimate of drug-likeness (QED) is 0.720. The van der Waals surface area contributed by atoms with Gasteiger partial charge in [-0.2, -0.15) is 0 Å². The summed E-state index contributed by atoms with van der Waals surface area (Å²) in [7, 11) is 0. The van der Waals surface area contributed by atoms with E-state index in [1.807, 2.05) is 0 Å². The Bertz CT molecular complexity index is 158. The number of rotatable bonds is 4. The van der Waals surface area contributed by atoms with Crippen LogP contribution in [0.25, 0.3) is 0 Å². The molecular weight excluding hydrogens is 172 g/mol. The first-order valence-electron chi connectivity index (χ1n) is 6.31. The molecule has 0 radical (unpaired) electrons. The zero-order chi connectivity index (χ0) is 9.80. The zero-order valence-corrected chi connectivity index (χ0v) is 9.17. The molecule has 0 aromatic carbocycles. The van der Waals surface area contributed by atoms with Gasteiger partial charge in [-0.05, 0) is 50.6 Å². The summed E-state index contributed by atoms with van der Waals surface area (Å²) < 4.78 is 0. The molecule has 2 saturated carbocycles. The molecule has 0 aromatic heterocycles. The van der Waals surface area contributed by atoms with Crippen LogP contribution in [-0.4, -0.2) is 19.1 Å². The van der Waals surface area contributed by atoms with E-state index in [0.717, 1.165) is 11.8 Å². The fraction of sp³-hybridized carbons (Fsp3) is 1.00. The van der Waals surface area contributed by atoms with Crippen LogP contribution in [0.3, 0.4) is 0 Å². The Balaban J connectivity index is 1.50. The predicted octanol–water partition coefficient (Wildman–Crippen LogP) is 1.89. The number of hydrogen-bond acceptors (Lipinski definition) is 2. The van der Waals surface area contributed by atoms with E-state index in [9.17, 15) is 0 Å². The Morgan fingerprint density at radius 1 is 0.929 bits per heavy atom. The maximum atomic E-state index is 5.76. The van der Waals surface area contributed by atoms with Gasteiger partial charge in [-0.15, -0.1) is 0 Å². The molecule has 0 aliphatic heterocycles. The van der Waals surface area contributed by atoms with Crippen molar-refractivity contribution in [3.05, 3.63) is 0 Å². The molecule has 0 unspecified atom stereocenters. The molecule has 0 bridgehead atoms. The minimum absolute atomic E-state index is 0.511. The van der Waals surface area contributed by atoms with Crippen LogP contribution in [0.1, 0.15) is 44.9 Å².